The third-order valence-electron chi connectivity index (χ3n) is 3.80. The summed E-state index contributed by atoms with van der Waals surface area (Å²) >= 11 is 0. The lowest BCUT2D eigenvalue weighted by Crippen LogP contribution is -2.49. The summed E-state index contributed by atoms with van der Waals surface area (Å²) < 4.78 is 19.0. The third kappa shape index (κ3) is 2.50. The van der Waals surface area contributed by atoms with Crippen molar-refractivity contribution in [2.24, 2.45) is 4.99 Å². The maximum atomic E-state index is 13.8. The zero-order valence-corrected chi connectivity index (χ0v) is 12.1. The maximum absolute atomic E-state index is 13.8. The first-order valence-electron chi connectivity index (χ1n) is 7.23. The molecule has 0 radical (unpaired) electrons. The predicted molar refractivity (Wildman–Crippen MR) is 81.9 cm³/mol. The first kappa shape index (κ1) is 13.7. The third-order valence-corrected chi connectivity index (χ3v) is 3.80. The van der Waals surface area contributed by atoms with Gasteiger partial charge in [-0.25, -0.2) is 4.39 Å². The number of carbonyl (C=O) groups excluding carboxylic acids is 1. The Bertz CT molecular complexity index is 840. The Kier molecular flexibility index (Phi) is 3.18. The van der Waals surface area contributed by atoms with Gasteiger partial charge in [-0.1, -0.05) is 17.3 Å². The fourth-order valence-electron chi connectivity index (χ4n) is 2.65. The average Bonchev–Trinajstić information content (AvgIpc) is 3.17. The van der Waals surface area contributed by atoms with Gasteiger partial charge in [0.1, 0.15) is 11.5 Å². The molecule has 2 aliphatic rings. The van der Waals surface area contributed by atoms with Crippen molar-refractivity contribution in [1.82, 2.24) is 15.4 Å². The van der Waals surface area contributed by atoms with Gasteiger partial charge in [0.2, 0.25) is 5.96 Å². The van der Waals surface area contributed by atoms with Crippen molar-refractivity contribution in [3.8, 4) is 11.3 Å². The summed E-state index contributed by atoms with van der Waals surface area (Å²) in [6.45, 7) is 1.94. The number of guanidine groups is 1. The zero-order chi connectivity index (χ0) is 15.8. The van der Waals surface area contributed by atoms with Gasteiger partial charge >= 0.3 is 0 Å². The predicted octanol–water partition coefficient (Wildman–Crippen LogP) is 1.67. The molecule has 1 fully saturated rings. The highest BCUT2D eigenvalue weighted by Gasteiger charge is 2.28. The molecule has 7 heteroatoms. The Morgan fingerprint density at radius 1 is 1.35 bits per heavy atom. The highest BCUT2D eigenvalue weighted by molar-refractivity contribution is 6.10. The van der Waals surface area contributed by atoms with E-state index in [4.69, 9.17) is 4.52 Å². The minimum Gasteiger partial charge on any atom is -0.356 e. The molecule has 1 amide bonds. The second kappa shape index (κ2) is 5.35. The van der Waals surface area contributed by atoms with Crippen molar-refractivity contribution in [1.29, 1.82) is 0 Å². The van der Waals surface area contributed by atoms with Crippen LogP contribution in [0.4, 0.5) is 4.39 Å². The summed E-state index contributed by atoms with van der Waals surface area (Å²) in [7, 11) is 0. The van der Waals surface area contributed by atoms with E-state index in [1.807, 2.05) is 4.90 Å². The van der Waals surface area contributed by atoms with Crippen LogP contribution in [0.1, 0.15) is 5.76 Å². The molecule has 0 spiro atoms. The van der Waals surface area contributed by atoms with E-state index in [0.29, 0.717) is 41.6 Å². The van der Waals surface area contributed by atoms with Crippen LogP contribution in [0.25, 0.3) is 17.3 Å². The molecule has 116 valence electrons. The van der Waals surface area contributed by atoms with Crippen LogP contribution >= 0.6 is 0 Å². The summed E-state index contributed by atoms with van der Waals surface area (Å²) in [6, 6.07) is 7.96. The van der Waals surface area contributed by atoms with Crippen molar-refractivity contribution in [2.45, 2.75) is 0 Å². The smallest absolute Gasteiger partial charge is 0.255 e. The molecule has 1 saturated heterocycles. The van der Waals surface area contributed by atoms with Crippen LogP contribution in [-0.4, -0.2) is 41.6 Å². The van der Waals surface area contributed by atoms with Crippen molar-refractivity contribution < 1.29 is 13.7 Å². The zero-order valence-electron chi connectivity index (χ0n) is 12.1. The van der Waals surface area contributed by atoms with Crippen LogP contribution < -0.4 is 5.32 Å². The normalized spacial score (nSPS) is 18.8. The monoisotopic (exact) mass is 312 g/mol. The molecule has 2 aliphatic heterocycles. The molecule has 0 atom stereocenters. The summed E-state index contributed by atoms with van der Waals surface area (Å²) in [6.07, 6.45) is 1.63. The number of aliphatic imine (C=N–C) groups is 1. The number of aromatic nitrogens is 1. The van der Waals surface area contributed by atoms with Crippen molar-refractivity contribution in [2.75, 3.05) is 19.6 Å². The number of benzene rings is 1. The molecule has 1 N–H and O–H groups in total. The molecule has 0 saturated carbocycles. The highest BCUT2D eigenvalue weighted by atomic mass is 19.1. The van der Waals surface area contributed by atoms with Gasteiger partial charge in [-0.15, -0.1) is 0 Å². The van der Waals surface area contributed by atoms with E-state index in [0.717, 1.165) is 6.54 Å². The summed E-state index contributed by atoms with van der Waals surface area (Å²) in [5.41, 5.74) is 1.32. The minimum atomic E-state index is -0.367. The molecule has 2 aromatic rings. The Hall–Kier alpha value is -2.96. The molecule has 1 aromatic carbocycles. The largest absolute Gasteiger partial charge is 0.356 e. The first-order chi connectivity index (χ1) is 11.2. The average molecular weight is 312 g/mol. The van der Waals surface area contributed by atoms with E-state index in [9.17, 15) is 9.18 Å². The van der Waals surface area contributed by atoms with Gasteiger partial charge < -0.3 is 9.42 Å². The van der Waals surface area contributed by atoms with Crippen LogP contribution in [0, 0.1) is 5.82 Å². The lowest BCUT2D eigenvalue weighted by molar-refractivity contribution is -0.116. The van der Waals surface area contributed by atoms with Gasteiger partial charge in [-0.05, 0) is 18.2 Å². The molecule has 0 aliphatic carbocycles. The van der Waals surface area contributed by atoms with Crippen LogP contribution in [0.5, 0.6) is 0 Å². The number of rotatable bonds is 2. The Morgan fingerprint density at radius 2 is 2.22 bits per heavy atom. The van der Waals surface area contributed by atoms with Crippen LogP contribution in [-0.2, 0) is 4.79 Å². The quantitative estimate of drug-likeness (QED) is 0.856. The van der Waals surface area contributed by atoms with E-state index in [1.54, 1.807) is 30.3 Å². The Balaban J connectivity index is 1.61. The molecule has 0 unspecified atom stereocenters. The van der Waals surface area contributed by atoms with E-state index in [-0.39, 0.29) is 11.7 Å². The lowest BCUT2D eigenvalue weighted by Gasteiger charge is -2.26. The van der Waals surface area contributed by atoms with E-state index < -0.39 is 0 Å². The van der Waals surface area contributed by atoms with Crippen molar-refractivity contribution in [3.63, 3.8) is 0 Å². The van der Waals surface area contributed by atoms with Gasteiger partial charge in [-0.2, -0.15) is 0 Å². The maximum Gasteiger partial charge on any atom is 0.255 e. The van der Waals surface area contributed by atoms with Crippen LogP contribution in [0.2, 0.25) is 0 Å². The van der Waals surface area contributed by atoms with Crippen molar-refractivity contribution >= 4 is 17.9 Å². The minimum absolute atomic E-state index is 0.203. The topological polar surface area (TPSA) is 70.7 Å². The molecular formula is C16H13FN4O2. The second-order valence-corrected chi connectivity index (χ2v) is 5.34. The number of hydrogen-bond donors (Lipinski definition) is 1. The number of nitrogens with zero attached hydrogens (tertiary/aromatic N) is 3. The molecule has 3 heterocycles. The van der Waals surface area contributed by atoms with Gasteiger partial charge in [0, 0.05) is 23.7 Å². The van der Waals surface area contributed by atoms with Gasteiger partial charge in [0.25, 0.3) is 5.91 Å². The first-order valence-corrected chi connectivity index (χ1v) is 7.23. The fraction of sp³-hybridized carbons (Fsp3) is 0.188. The van der Waals surface area contributed by atoms with Gasteiger partial charge in [-0.3, -0.25) is 15.1 Å². The standard InChI is InChI=1S/C16H13FN4O2/c17-13-4-2-1-3-12(13)14-8-11(23-20-14)7-10-9-21-6-5-18-16(21)19-15(10)22/h1-4,7-8H,5-6,9H2,(H,18,19,22)/b10-7-. The molecule has 23 heavy (non-hydrogen) atoms. The van der Waals surface area contributed by atoms with E-state index >= 15 is 0 Å². The molecule has 4 rings (SSSR count). The van der Waals surface area contributed by atoms with Gasteiger partial charge in [0.15, 0.2) is 5.76 Å². The summed E-state index contributed by atoms with van der Waals surface area (Å²) in [4.78, 5) is 18.3. The summed E-state index contributed by atoms with van der Waals surface area (Å²) in [5.74, 6) is 0.462. The number of nitrogens with one attached hydrogen (secondary N) is 1. The molecule has 1 aromatic heterocycles. The Morgan fingerprint density at radius 3 is 3.09 bits per heavy atom. The number of fused-ring (bicyclic) bond motifs is 1. The molecule has 6 nitrogen and oxygen atoms in total. The van der Waals surface area contributed by atoms with E-state index in [1.165, 1.54) is 6.07 Å². The van der Waals surface area contributed by atoms with Gasteiger partial charge in [0.05, 0.1) is 13.1 Å². The van der Waals surface area contributed by atoms with E-state index in [2.05, 4.69) is 15.5 Å². The molecule has 0 bridgehead atoms. The highest BCUT2D eigenvalue weighted by Crippen LogP contribution is 2.23. The summed E-state index contributed by atoms with van der Waals surface area (Å²) in [5, 5.41) is 6.62. The molecular weight excluding hydrogens is 299 g/mol. The SMILES string of the molecule is O=C1NC2=NCCN2C/C1=C/c1cc(-c2ccccc2F)no1. The number of carbonyl (C=O) groups is 1. The fourth-order valence-corrected chi connectivity index (χ4v) is 2.65. The second-order valence-electron chi connectivity index (χ2n) is 5.34. The number of hydrogen-bond acceptors (Lipinski definition) is 5. The lowest BCUT2D eigenvalue weighted by atomic mass is 10.1. The Labute approximate surface area is 131 Å². The number of halogens is 1. The number of amides is 1. The van der Waals surface area contributed by atoms with Crippen LogP contribution in [0.3, 0.4) is 0 Å². The van der Waals surface area contributed by atoms with Crippen LogP contribution in [0.15, 0.2) is 45.4 Å². The van der Waals surface area contributed by atoms with Crippen molar-refractivity contribution in [3.05, 3.63) is 47.5 Å².